The molecule has 0 bridgehead atoms. The average molecular weight is 327 g/mol. The minimum atomic E-state index is -0.234. The van der Waals surface area contributed by atoms with Crippen LogP contribution in [0.1, 0.15) is 12.5 Å². The van der Waals surface area contributed by atoms with E-state index >= 15 is 0 Å². The predicted molar refractivity (Wildman–Crippen MR) is 77.2 cm³/mol. The first kappa shape index (κ1) is 13.0. The Hall–Kier alpha value is -1.40. The van der Waals surface area contributed by atoms with Crippen molar-refractivity contribution in [1.29, 1.82) is 0 Å². The molecule has 0 aliphatic carbocycles. The number of benzene rings is 1. The van der Waals surface area contributed by atoms with Crippen LogP contribution in [0, 0.1) is 0 Å². The van der Waals surface area contributed by atoms with Gasteiger partial charge in [-0.3, -0.25) is 10.1 Å². The molecule has 0 atom stereocenters. The summed E-state index contributed by atoms with van der Waals surface area (Å²) < 4.78 is 6.42. The molecule has 94 valence electrons. The second-order valence-electron chi connectivity index (χ2n) is 3.58. The Labute approximate surface area is 119 Å². The van der Waals surface area contributed by atoms with Crippen molar-refractivity contribution in [2.75, 3.05) is 6.61 Å². The van der Waals surface area contributed by atoms with Gasteiger partial charge >= 0.3 is 0 Å². The van der Waals surface area contributed by atoms with Gasteiger partial charge in [-0.25, -0.2) is 0 Å². The molecule has 1 heterocycles. The third kappa shape index (κ3) is 2.88. The smallest absolute Gasteiger partial charge is 0.273 e. The molecule has 1 aliphatic heterocycles. The van der Waals surface area contributed by atoms with Crippen molar-refractivity contribution < 1.29 is 9.53 Å². The van der Waals surface area contributed by atoms with E-state index in [0.717, 1.165) is 15.8 Å². The van der Waals surface area contributed by atoms with Gasteiger partial charge in [0.2, 0.25) is 0 Å². The molecule has 0 radical (unpaired) electrons. The van der Waals surface area contributed by atoms with Crippen molar-refractivity contribution in [3.05, 3.63) is 33.9 Å². The Kier molecular flexibility index (Phi) is 3.98. The van der Waals surface area contributed by atoms with Crippen LogP contribution in [0.2, 0.25) is 0 Å². The maximum absolute atomic E-state index is 11.6. The van der Waals surface area contributed by atoms with Gasteiger partial charge < -0.3 is 10.1 Å². The molecule has 18 heavy (non-hydrogen) atoms. The van der Waals surface area contributed by atoms with Gasteiger partial charge in [0.15, 0.2) is 5.11 Å². The molecule has 1 aromatic rings. The van der Waals surface area contributed by atoms with Crippen LogP contribution < -0.4 is 15.4 Å². The van der Waals surface area contributed by atoms with Gasteiger partial charge in [-0.05, 0) is 43.4 Å². The van der Waals surface area contributed by atoms with Gasteiger partial charge in [0.05, 0.1) is 6.61 Å². The van der Waals surface area contributed by atoms with Crippen LogP contribution >= 0.6 is 28.1 Å². The zero-order chi connectivity index (χ0) is 13.1. The highest BCUT2D eigenvalue weighted by atomic mass is 79.9. The van der Waals surface area contributed by atoms with Crippen molar-refractivity contribution in [2.45, 2.75) is 6.92 Å². The lowest BCUT2D eigenvalue weighted by atomic mass is 10.1. The van der Waals surface area contributed by atoms with E-state index in [1.54, 1.807) is 6.08 Å². The van der Waals surface area contributed by atoms with Gasteiger partial charge in [-0.15, -0.1) is 0 Å². The molecule has 2 rings (SSSR count). The van der Waals surface area contributed by atoms with Crippen molar-refractivity contribution in [2.24, 2.45) is 0 Å². The highest BCUT2D eigenvalue weighted by Gasteiger charge is 2.20. The second kappa shape index (κ2) is 5.49. The number of hydrogen-bond acceptors (Lipinski definition) is 3. The first-order valence-electron chi connectivity index (χ1n) is 5.36. The van der Waals surface area contributed by atoms with E-state index in [9.17, 15) is 4.79 Å². The molecule has 0 spiro atoms. The van der Waals surface area contributed by atoms with Gasteiger partial charge in [0, 0.05) is 10.0 Å². The van der Waals surface area contributed by atoms with E-state index in [1.165, 1.54) is 0 Å². The van der Waals surface area contributed by atoms with Crippen LogP contribution in [-0.2, 0) is 4.79 Å². The maximum Gasteiger partial charge on any atom is 0.273 e. The fraction of sp³-hybridized carbons (Fsp3) is 0.167. The molecule has 0 saturated carbocycles. The number of thiocarbonyl (C=S) groups is 1. The minimum Gasteiger partial charge on any atom is -0.493 e. The normalized spacial score (nSPS) is 16.7. The number of ether oxygens (including phenoxy) is 1. The van der Waals surface area contributed by atoms with Gasteiger partial charge in [-0.1, -0.05) is 15.9 Å². The number of rotatable bonds is 3. The molecule has 1 saturated heterocycles. The average Bonchev–Trinajstić information content (AvgIpc) is 2.61. The highest BCUT2D eigenvalue weighted by Crippen LogP contribution is 2.25. The highest BCUT2D eigenvalue weighted by molar-refractivity contribution is 9.10. The first-order valence-corrected chi connectivity index (χ1v) is 6.56. The molecular weight excluding hydrogens is 316 g/mol. The predicted octanol–water partition coefficient (Wildman–Crippen LogP) is 2.19. The van der Waals surface area contributed by atoms with Crippen molar-refractivity contribution in [1.82, 2.24) is 10.6 Å². The quantitative estimate of drug-likeness (QED) is 0.660. The maximum atomic E-state index is 11.6. The van der Waals surface area contributed by atoms with Crippen molar-refractivity contribution >= 4 is 45.2 Å². The van der Waals surface area contributed by atoms with E-state index in [2.05, 4.69) is 26.6 Å². The minimum absolute atomic E-state index is 0.234. The third-order valence-electron chi connectivity index (χ3n) is 2.29. The molecule has 1 amide bonds. The lowest BCUT2D eigenvalue weighted by Crippen LogP contribution is -2.21. The zero-order valence-corrected chi connectivity index (χ0v) is 12.0. The molecule has 2 N–H and O–H groups in total. The number of carbonyl (C=O) groups excluding carboxylic acids is 1. The molecule has 0 aromatic heterocycles. The van der Waals surface area contributed by atoms with Crippen LogP contribution in [0.5, 0.6) is 5.75 Å². The summed E-state index contributed by atoms with van der Waals surface area (Å²) >= 11 is 8.27. The van der Waals surface area contributed by atoms with E-state index in [-0.39, 0.29) is 5.91 Å². The number of halogens is 1. The third-order valence-corrected chi connectivity index (χ3v) is 2.99. The van der Waals surface area contributed by atoms with Crippen molar-refractivity contribution in [3.63, 3.8) is 0 Å². The fourth-order valence-electron chi connectivity index (χ4n) is 1.56. The standard InChI is InChI=1S/C12H11BrN2O2S/c1-2-17-10-4-3-8(13)5-7(10)6-9-11(16)15-12(18)14-9/h3-6H,2H2,1H3,(H2,14,15,16,18)/b9-6+. The molecule has 1 aliphatic rings. The van der Waals surface area contributed by atoms with Gasteiger partial charge in [0.1, 0.15) is 11.4 Å². The summed E-state index contributed by atoms with van der Waals surface area (Å²) in [5, 5.41) is 5.63. The van der Waals surface area contributed by atoms with Crippen LogP contribution in [0.3, 0.4) is 0 Å². The van der Waals surface area contributed by atoms with Crippen LogP contribution in [0.4, 0.5) is 0 Å². The Morgan fingerprint density at radius 1 is 1.44 bits per heavy atom. The van der Waals surface area contributed by atoms with Crippen LogP contribution in [0.25, 0.3) is 6.08 Å². The Balaban J connectivity index is 2.38. The lowest BCUT2D eigenvalue weighted by Gasteiger charge is -2.08. The summed E-state index contributed by atoms with van der Waals surface area (Å²) in [5.74, 6) is 0.489. The molecule has 1 aromatic carbocycles. The van der Waals surface area contributed by atoms with E-state index < -0.39 is 0 Å². The zero-order valence-electron chi connectivity index (χ0n) is 9.62. The fourth-order valence-corrected chi connectivity index (χ4v) is 2.14. The first-order chi connectivity index (χ1) is 8.60. The summed E-state index contributed by atoms with van der Waals surface area (Å²) in [5.41, 5.74) is 1.23. The molecule has 6 heteroatoms. The van der Waals surface area contributed by atoms with E-state index in [1.807, 2.05) is 25.1 Å². The van der Waals surface area contributed by atoms with Crippen LogP contribution in [-0.4, -0.2) is 17.6 Å². The van der Waals surface area contributed by atoms with E-state index in [4.69, 9.17) is 17.0 Å². The number of nitrogens with one attached hydrogen (secondary N) is 2. The Morgan fingerprint density at radius 2 is 2.22 bits per heavy atom. The molecule has 0 unspecified atom stereocenters. The van der Waals surface area contributed by atoms with Crippen LogP contribution in [0.15, 0.2) is 28.4 Å². The topological polar surface area (TPSA) is 50.4 Å². The summed E-state index contributed by atoms with van der Waals surface area (Å²) in [6, 6.07) is 5.62. The SMILES string of the molecule is CCOc1ccc(Br)cc1/C=C1/NC(=S)NC1=O. The number of carbonyl (C=O) groups is 1. The second-order valence-corrected chi connectivity index (χ2v) is 4.91. The Bertz CT molecular complexity index is 543. The summed E-state index contributed by atoms with van der Waals surface area (Å²) in [6.07, 6.45) is 1.71. The molecular formula is C12H11BrN2O2S. The molecule has 4 nitrogen and oxygen atoms in total. The summed E-state index contributed by atoms with van der Waals surface area (Å²) in [4.78, 5) is 11.6. The Morgan fingerprint density at radius 3 is 2.83 bits per heavy atom. The number of hydrogen-bond donors (Lipinski definition) is 2. The number of amides is 1. The van der Waals surface area contributed by atoms with Gasteiger partial charge in [-0.2, -0.15) is 0 Å². The van der Waals surface area contributed by atoms with E-state index in [0.29, 0.717) is 17.4 Å². The monoisotopic (exact) mass is 326 g/mol. The summed E-state index contributed by atoms with van der Waals surface area (Å²) in [6.45, 7) is 2.48. The lowest BCUT2D eigenvalue weighted by molar-refractivity contribution is -0.115. The van der Waals surface area contributed by atoms with Gasteiger partial charge in [0.25, 0.3) is 5.91 Å². The summed E-state index contributed by atoms with van der Waals surface area (Å²) in [7, 11) is 0. The van der Waals surface area contributed by atoms with Crippen molar-refractivity contribution in [3.8, 4) is 5.75 Å². The largest absolute Gasteiger partial charge is 0.493 e. The molecule has 1 fully saturated rings.